The van der Waals surface area contributed by atoms with Crippen molar-refractivity contribution in [3.8, 4) is 0 Å². The molecule has 0 aliphatic heterocycles. The van der Waals surface area contributed by atoms with E-state index in [1.165, 1.54) is 22.7 Å². The third-order valence-electron chi connectivity index (χ3n) is 2.70. The number of aromatic nitrogens is 1. The highest BCUT2D eigenvalue weighted by molar-refractivity contribution is 7.16. The smallest absolute Gasteiger partial charge is 0.289 e. The monoisotopic (exact) mass is 308 g/mol. The van der Waals surface area contributed by atoms with E-state index in [0.29, 0.717) is 14.7 Å². The van der Waals surface area contributed by atoms with Gasteiger partial charge in [0.1, 0.15) is 0 Å². The SMILES string of the molecule is Cn1c(=NC(=O)c2cccs2)sc2cc(Cl)ccc21. The first-order chi connectivity index (χ1) is 9.15. The highest BCUT2D eigenvalue weighted by Crippen LogP contribution is 2.21. The summed E-state index contributed by atoms with van der Waals surface area (Å²) in [6.45, 7) is 0. The van der Waals surface area contributed by atoms with Crippen LogP contribution in [0.1, 0.15) is 9.67 Å². The van der Waals surface area contributed by atoms with Gasteiger partial charge in [0, 0.05) is 12.1 Å². The van der Waals surface area contributed by atoms with Crippen LogP contribution in [0.3, 0.4) is 0 Å². The van der Waals surface area contributed by atoms with Gasteiger partial charge in [0.15, 0.2) is 4.80 Å². The zero-order valence-electron chi connectivity index (χ0n) is 9.96. The highest BCUT2D eigenvalue weighted by Gasteiger charge is 2.07. The normalized spacial score (nSPS) is 12.2. The fourth-order valence-corrected chi connectivity index (χ4v) is 3.66. The molecule has 96 valence electrons. The Kier molecular flexibility index (Phi) is 3.26. The second-order valence-corrected chi connectivity index (χ2v) is 6.34. The number of fused-ring (bicyclic) bond motifs is 1. The summed E-state index contributed by atoms with van der Waals surface area (Å²) in [6.07, 6.45) is 0. The molecular weight excluding hydrogens is 300 g/mol. The molecule has 0 bridgehead atoms. The molecule has 2 aromatic heterocycles. The van der Waals surface area contributed by atoms with Crippen molar-refractivity contribution in [2.75, 3.05) is 0 Å². The zero-order valence-corrected chi connectivity index (χ0v) is 12.4. The Bertz CT molecular complexity index is 815. The minimum atomic E-state index is -0.205. The molecule has 19 heavy (non-hydrogen) atoms. The standard InChI is InChI=1S/C13H9ClN2OS2/c1-16-9-5-4-8(14)7-11(9)19-13(16)15-12(17)10-3-2-6-18-10/h2-7H,1H3. The van der Waals surface area contributed by atoms with Gasteiger partial charge in [-0.05, 0) is 29.6 Å². The van der Waals surface area contributed by atoms with Gasteiger partial charge in [-0.15, -0.1) is 11.3 Å². The number of carbonyl (C=O) groups excluding carboxylic acids is 1. The van der Waals surface area contributed by atoms with Crippen LogP contribution in [0.2, 0.25) is 5.02 Å². The van der Waals surface area contributed by atoms with Crippen LogP contribution in [-0.2, 0) is 7.05 Å². The molecule has 0 fully saturated rings. The Morgan fingerprint density at radius 1 is 1.37 bits per heavy atom. The van der Waals surface area contributed by atoms with E-state index < -0.39 is 0 Å². The van der Waals surface area contributed by atoms with Crippen molar-refractivity contribution in [1.29, 1.82) is 0 Å². The first-order valence-electron chi connectivity index (χ1n) is 5.53. The van der Waals surface area contributed by atoms with E-state index in [1.54, 1.807) is 6.07 Å². The Balaban J connectivity index is 2.15. The van der Waals surface area contributed by atoms with Gasteiger partial charge in [-0.3, -0.25) is 4.79 Å². The number of amides is 1. The van der Waals surface area contributed by atoms with Crippen molar-refractivity contribution in [3.05, 3.63) is 50.4 Å². The molecule has 0 N–H and O–H groups in total. The third-order valence-corrected chi connectivity index (χ3v) is 4.89. The lowest BCUT2D eigenvalue weighted by atomic mass is 10.3. The van der Waals surface area contributed by atoms with E-state index in [2.05, 4.69) is 4.99 Å². The van der Waals surface area contributed by atoms with Gasteiger partial charge in [-0.2, -0.15) is 4.99 Å². The van der Waals surface area contributed by atoms with Gasteiger partial charge in [-0.25, -0.2) is 0 Å². The number of thiophene rings is 1. The minimum Gasteiger partial charge on any atom is -0.319 e. The van der Waals surface area contributed by atoms with Crippen LogP contribution >= 0.6 is 34.3 Å². The predicted molar refractivity (Wildman–Crippen MR) is 80.0 cm³/mol. The largest absolute Gasteiger partial charge is 0.319 e. The first kappa shape index (κ1) is 12.6. The summed E-state index contributed by atoms with van der Waals surface area (Å²) < 4.78 is 2.93. The Morgan fingerprint density at radius 2 is 2.21 bits per heavy atom. The number of hydrogen-bond acceptors (Lipinski definition) is 3. The Labute approximate surface area is 122 Å². The van der Waals surface area contributed by atoms with Crippen LogP contribution in [-0.4, -0.2) is 10.5 Å². The number of aryl methyl sites for hydroxylation is 1. The molecule has 0 saturated carbocycles. The van der Waals surface area contributed by atoms with Gasteiger partial charge < -0.3 is 4.57 Å². The fraction of sp³-hybridized carbons (Fsp3) is 0.0769. The summed E-state index contributed by atoms with van der Waals surface area (Å²) >= 11 is 8.82. The summed E-state index contributed by atoms with van der Waals surface area (Å²) in [5.41, 5.74) is 1.02. The molecule has 0 aliphatic rings. The van der Waals surface area contributed by atoms with Gasteiger partial charge in [-0.1, -0.05) is 29.0 Å². The Hall–Kier alpha value is -1.43. The van der Waals surface area contributed by atoms with Crippen LogP contribution < -0.4 is 4.80 Å². The molecular formula is C13H9ClN2OS2. The maximum Gasteiger partial charge on any atom is 0.289 e. The quantitative estimate of drug-likeness (QED) is 0.675. The number of benzene rings is 1. The van der Waals surface area contributed by atoms with Crippen LogP contribution in [0.5, 0.6) is 0 Å². The third kappa shape index (κ3) is 2.36. The van der Waals surface area contributed by atoms with Gasteiger partial charge in [0.2, 0.25) is 0 Å². The zero-order chi connectivity index (χ0) is 13.4. The Morgan fingerprint density at radius 3 is 2.95 bits per heavy atom. The van der Waals surface area contributed by atoms with Crippen LogP contribution in [0, 0.1) is 0 Å². The molecule has 0 spiro atoms. The van der Waals surface area contributed by atoms with Gasteiger partial charge in [0.05, 0.1) is 15.1 Å². The van der Waals surface area contributed by atoms with Crippen LogP contribution in [0.25, 0.3) is 10.2 Å². The summed E-state index contributed by atoms with van der Waals surface area (Å²) in [4.78, 5) is 17.5. The number of thiazole rings is 1. The van der Waals surface area contributed by atoms with E-state index in [4.69, 9.17) is 11.6 Å². The highest BCUT2D eigenvalue weighted by atomic mass is 35.5. The molecule has 0 atom stereocenters. The average molecular weight is 309 g/mol. The molecule has 0 aliphatic carbocycles. The lowest BCUT2D eigenvalue weighted by molar-refractivity contribution is 0.100. The second kappa shape index (κ2) is 4.92. The fourth-order valence-electron chi connectivity index (χ4n) is 1.76. The summed E-state index contributed by atoms with van der Waals surface area (Å²) in [7, 11) is 1.90. The molecule has 3 aromatic rings. The molecule has 3 rings (SSSR count). The van der Waals surface area contributed by atoms with Crippen molar-refractivity contribution in [2.24, 2.45) is 12.0 Å². The van der Waals surface area contributed by atoms with Crippen molar-refractivity contribution in [1.82, 2.24) is 4.57 Å². The predicted octanol–water partition coefficient (Wildman–Crippen LogP) is 3.70. The molecule has 0 radical (unpaired) electrons. The number of hydrogen-bond donors (Lipinski definition) is 0. The number of halogens is 1. The second-order valence-electron chi connectivity index (χ2n) is 3.95. The molecule has 3 nitrogen and oxygen atoms in total. The maximum absolute atomic E-state index is 12.0. The maximum atomic E-state index is 12.0. The lowest BCUT2D eigenvalue weighted by Gasteiger charge is -1.94. The molecule has 0 unspecified atom stereocenters. The molecule has 1 amide bonds. The van der Waals surface area contributed by atoms with Crippen LogP contribution in [0.15, 0.2) is 40.7 Å². The lowest BCUT2D eigenvalue weighted by Crippen LogP contribution is -2.12. The van der Waals surface area contributed by atoms with Crippen molar-refractivity contribution in [2.45, 2.75) is 0 Å². The van der Waals surface area contributed by atoms with Crippen molar-refractivity contribution < 1.29 is 4.79 Å². The molecule has 0 saturated heterocycles. The van der Waals surface area contributed by atoms with E-state index >= 15 is 0 Å². The molecule has 2 heterocycles. The van der Waals surface area contributed by atoms with Gasteiger partial charge >= 0.3 is 0 Å². The van der Waals surface area contributed by atoms with Crippen molar-refractivity contribution >= 4 is 50.4 Å². The van der Waals surface area contributed by atoms with E-state index in [0.717, 1.165) is 10.2 Å². The van der Waals surface area contributed by atoms with E-state index in [1.807, 2.05) is 41.3 Å². The number of carbonyl (C=O) groups is 1. The molecule has 1 aromatic carbocycles. The number of rotatable bonds is 1. The molecule has 6 heteroatoms. The number of nitrogens with zero attached hydrogens (tertiary/aromatic N) is 2. The minimum absolute atomic E-state index is 0.205. The van der Waals surface area contributed by atoms with Crippen molar-refractivity contribution in [3.63, 3.8) is 0 Å². The summed E-state index contributed by atoms with van der Waals surface area (Å²) in [6, 6.07) is 9.28. The van der Waals surface area contributed by atoms with Crippen LogP contribution in [0.4, 0.5) is 0 Å². The average Bonchev–Trinajstić information content (AvgIpc) is 2.99. The summed E-state index contributed by atoms with van der Waals surface area (Å²) in [5, 5.41) is 2.55. The summed E-state index contributed by atoms with van der Waals surface area (Å²) in [5.74, 6) is -0.205. The van der Waals surface area contributed by atoms with E-state index in [-0.39, 0.29) is 5.91 Å². The first-order valence-corrected chi connectivity index (χ1v) is 7.60. The van der Waals surface area contributed by atoms with Gasteiger partial charge in [0.25, 0.3) is 5.91 Å². The van der Waals surface area contributed by atoms with E-state index in [9.17, 15) is 4.79 Å². The topological polar surface area (TPSA) is 34.4 Å².